The number of nitrogens with one attached hydrogen (secondary N) is 1. The van der Waals surface area contributed by atoms with Crippen LogP contribution in [0.5, 0.6) is 0 Å². The minimum absolute atomic E-state index is 0. The highest BCUT2D eigenvalue weighted by atomic mass is 35.5. The van der Waals surface area contributed by atoms with Crippen LogP contribution in [0.2, 0.25) is 0 Å². The Morgan fingerprint density at radius 1 is 1.11 bits per heavy atom. The van der Waals surface area contributed by atoms with Crippen LogP contribution in [-0.4, -0.2) is 26.2 Å². The molecule has 1 saturated heterocycles. The van der Waals surface area contributed by atoms with E-state index in [0.29, 0.717) is 0 Å². The molecule has 0 unspecified atom stereocenters. The Morgan fingerprint density at radius 2 is 1.84 bits per heavy atom. The van der Waals surface area contributed by atoms with Crippen molar-refractivity contribution < 1.29 is 0 Å². The molecular formula is C15H24Cl2N2. The Balaban J connectivity index is 0.000000902. The molecule has 0 spiro atoms. The first kappa shape index (κ1) is 16.6. The molecule has 2 aliphatic heterocycles. The van der Waals surface area contributed by atoms with Crippen molar-refractivity contribution in [3.05, 3.63) is 29.8 Å². The molecule has 4 heteroatoms. The average molecular weight is 303 g/mol. The second-order valence-corrected chi connectivity index (χ2v) is 5.37. The van der Waals surface area contributed by atoms with E-state index in [1.165, 1.54) is 57.5 Å². The fourth-order valence-electron chi connectivity index (χ4n) is 3.18. The third-order valence-electron chi connectivity index (χ3n) is 4.14. The van der Waals surface area contributed by atoms with Gasteiger partial charge in [-0.15, -0.1) is 24.8 Å². The number of nitrogens with zero attached hydrogens (tertiary/aromatic N) is 1. The van der Waals surface area contributed by atoms with Crippen LogP contribution < -0.4 is 10.2 Å². The lowest BCUT2D eigenvalue weighted by molar-refractivity contribution is 0.371. The van der Waals surface area contributed by atoms with Crippen molar-refractivity contribution in [2.75, 3.05) is 31.1 Å². The zero-order valence-corrected chi connectivity index (χ0v) is 12.9. The zero-order chi connectivity index (χ0) is 11.5. The minimum atomic E-state index is 0. The number of benzene rings is 1. The Morgan fingerprint density at radius 3 is 2.63 bits per heavy atom. The van der Waals surface area contributed by atoms with Gasteiger partial charge in [0.05, 0.1) is 0 Å². The highest BCUT2D eigenvalue weighted by molar-refractivity contribution is 5.85. The first-order chi connectivity index (χ1) is 8.43. The second kappa shape index (κ2) is 7.98. The van der Waals surface area contributed by atoms with Gasteiger partial charge < -0.3 is 10.2 Å². The Kier molecular flexibility index (Phi) is 6.98. The molecule has 0 radical (unpaired) electrons. The number of hydrogen-bond donors (Lipinski definition) is 1. The maximum absolute atomic E-state index is 3.45. The molecular weight excluding hydrogens is 279 g/mol. The summed E-state index contributed by atoms with van der Waals surface area (Å²) < 4.78 is 0. The summed E-state index contributed by atoms with van der Waals surface area (Å²) in [6.07, 6.45) is 5.28. The highest BCUT2D eigenvalue weighted by Crippen LogP contribution is 2.28. The maximum atomic E-state index is 3.45. The zero-order valence-electron chi connectivity index (χ0n) is 11.3. The van der Waals surface area contributed by atoms with Crippen molar-refractivity contribution in [3.8, 4) is 0 Å². The Labute approximate surface area is 128 Å². The molecule has 3 rings (SSSR count). The van der Waals surface area contributed by atoms with Crippen LogP contribution >= 0.6 is 24.8 Å². The Bertz CT molecular complexity index is 378. The van der Waals surface area contributed by atoms with Gasteiger partial charge in [-0.05, 0) is 56.3 Å². The van der Waals surface area contributed by atoms with Gasteiger partial charge in [-0.25, -0.2) is 0 Å². The molecule has 2 nitrogen and oxygen atoms in total. The maximum Gasteiger partial charge on any atom is 0.0398 e. The van der Waals surface area contributed by atoms with Crippen LogP contribution in [0.1, 0.15) is 24.8 Å². The fraction of sp³-hybridized carbons (Fsp3) is 0.600. The first-order valence-electron chi connectivity index (χ1n) is 6.97. The van der Waals surface area contributed by atoms with Gasteiger partial charge >= 0.3 is 0 Å². The smallest absolute Gasteiger partial charge is 0.0398 e. The van der Waals surface area contributed by atoms with E-state index in [4.69, 9.17) is 0 Å². The fourth-order valence-corrected chi connectivity index (χ4v) is 3.18. The van der Waals surface area contributed by atoms with Crippen molar-refractivity contribution >= 4 is 30.5 Å². The third-order valence-corrected chi connectivity index (χ3v) is 4.14. The molecule has 1 aromatic carbocycles. The predicted octanol–water partition coefficient (Wildman–Crippen LogP) is 3.28. The van der Waals surface area contributed by atoms with Gasteiger partial charge in [0.1, 0.15) is 0 Å². The number of anilines is 1. The molecule has 2 aliphatic rings. The van der Waals surface area contributed by atoms with E-state index in [1.54, 1.807) is 5.56 Å². The normalized spacial score (nSPS) is 19.1. The van der Waals surface area contributed by atoms with Crippen LogP contribution in [0.4, 0.5) is 5.69 Å². The summed E-state index contributed by atoms with van der Waals surface area (Å²) in [6.45, 7) is 4.93. The minimum Gasteiger partial charge on any atom is -0.371 e. The van der Waals surface area contributed by atoms with E-state index >= 15 is 0 Å². The second-order valence-electron chi connectivity index (χ2n) is 5.37. The Hall–Kier alpha value is -0.440. The molecule has 108 valence electrons. The lowest BCUT2D eigenvalue weighted by Gasteiger charge is -2.35. The summed E-state index contributed by atoms with van der Waals surface area (Å²) in [5.41, 5.74) is 3.05. The summed E-state index contributed by atoms with van der Waals surface area (Å²) in [6, 6.07) is 8.95. The number of rotatable bonds is 2. The van der Waals surface area contributed by atoms with Gasteiger partial charge in [-0.2, -0.15) is 0 Å². The lowest BCUT2D eigenvalue weighted by Crippen LogP contribution is -2.38. The molecule has 1 fully saturated rings. The lowest BCUT2D eigenvalue weighted by atomic mass is 9.95. The van der Waals surface area contributed by atoms with Gasteiger partial charge in [0.15, 0.2) is 0 Å². The van der Waals surface area contributed by atoms with Crippen LogP contribution in [0.15, 0.2) is 24.3 Å². The summed E-state index contributed by atoms with van der Waals surface area (Å²) in [5, 5.41) is 3.45. The first-order valence-corrected chi connectivity index (χ1v) is 6.97. The van der Waals surface area contributed by atoms with Crippen LogP contribution in [0, 0.1) is 5.92 Å². The molecule has 0 bridgehead atoms. The molecule has 0 aromatic heterocycles. The largest absolute Gasteiger partial charge is 0.371 e. The van der Waals surface area contributed by atoms with Crippen molar-refractivity contribution in [1.82, 2.24) is 5.32 Å². The van der Waals surface area contributed by atoms with Crippen LogP contribution in [-0.2, 0) is 6.42 Å². The third kappa shape index (κ3) is 4.01. The molecule has 0 amide bonds. The van der Waals surface area contributed by atoms with Crippen molar-refractivity contribution in [2.24, 2.45) is 5.92 Å². The van der Waals surface area contributed by atoms with E-state index < -0.39 is 0 Å². The number of halogens is 2. The molecule has 0 saturated carbocycles. The SMILES string of the molecule is Cl.Cl.c1ccc2c(c1)CCCN2CC1CCNCC1. The van der Waals surface area contributed by atoms with E-state index in [9.17, 15) is 0 Å². The quantitative estimate of drug-likeness (QED) is 0.902. The predicted molar refractivity (Wildman–Crippen MR) is 87.1 cm³/mol. The van der Waals surface area contributed by atoms with Gasteiger partial charge in [-0.1, -0.05) is 18.2 Å². The number of piperidine rings is 1. The number of hydrogen-bond acceptors (Lipinski definition) is 2. The van der Waals surface area contributed by atoms with E-state index in [-0.39, 0.29) is 24.8 Å². The monoisotopic (exact) mass is 302 g/mol. The van der Waals surface area contributed by atoms with Crippen molar-refractivity contribution in [3.63, 3.8) is 0 Å². The molecule has 2 heterocycles. The topological polar surface area (TPSA) is 15.3 Å². The van der Waals surface area contributed by atoms with E-state index in [1.807, 2.05) is 0 Å². The van der Waals surface area contributed by atoms with Gasteiger partial charge in [-0.3, -0.25) is 0 Å². The van der Waals surface area contributed by atoms with E-state index in [2.05, 4.69) is 34.5 Å². The molecule has 1 N–H and O–H groups in total. The van der Waals surface area contributed by atoms with Crippen LogP contribution in [0.25, 0.3) is 0 Å². The van der Waals surface area contributed by atoms with Crippen molar-refractivity contribution in [2.45, 2.75) is 25.7 Å². The van der Waals surface area contributed by atoms with Crippen LogP contribution in [0.3, 0.4) is 0 Å². The van der Waals surface area contributed by atoms with Crippen molar-refractivity contribution in [1.29, 1.82) is 0 Å². The number of para-hydroxylation sites is 1. The highest BCUT2D eigenvalue weighted by Gasteiger charge is 2.21. The molecule has 0 aliphatic carbocycles. The number of aryl methyl sites for hydroxylation is 1. The molecule has 19 heavy (non-hydrogen) atoms. The average Bonchev–Trinajstić information content (AvgIpc) is 2.40. The summed E-state index contributed by atoms with van der Waals surface area (Å²) in [5.74, 6) is 0.891. The molecule has 1 aromatic rings. The van der Waals surface area contributed by atoms with E-state index in [0.717, 1.165) is 5.92 Å². The molecule has 0 atom stereocenters. The van der Waals surface area contributed by atoms with Gasteiger partial charge in [0.25, 0.3) is 0 Å². The van der Waals surface area contributed by atoms with Gasteiger partial charge in [0.2, 0.25) is 0 Å². The van der Waals surface area contributed by atoms with Gasteiger partial charge in [0, 0.05) is 18.8 Å². The summed E-state index contributed by atoms with van der Waals surface area (Å²) >= 11 is 0. The number of fused-ring (bicyclic) bond motifs is 1. The standard InChI is InChI=1S/C15H22N2.2ClH/c1-2-6-15-14(4-1)5-3-11-17(15)12-13-7-9-16-10-8-13;;/h1-2,4,6,13,16H,3,5,7-12H2;2*1H. The summed E-state index contributed by atoms with van der Waals surface area (Å²) in [7, 11) is 0. The summed E-state index contributed by atoms with van der Waals surface area (Å²) in [4.78, 5) is 2.62.